The van der Waals surface area contributed by atoms with E-state index in [0.29, 0.717) is 32.3 Å². The van der Waals surface area contributed by atoms with Gasteiger partial charge in [-0.3, -0.25) is 0 Å². The van der Waals surface area contributed by atoms with Crippen molar-refractivity contribution in [3.63, 3.8) is 0 Å². The van der Waals surface area contributed by atoms with Crippen molar-refractivity contribution in [1.82, 2.24) is 0 Å². The van der Waals surface area contributed by atoms with Crippen LogP contribution in [0.2, 0.25) is 0 Å². The van der Waals surface area contributed by atoms with Crippen LogP contribution in [0, 0.1) is 11.8 Å². The van der Waals surface area contributed by atoms with Crippen LogP contribution in [0.15, 0.2) is 0 Å². The quantitative estimate of drug-likeness (QED) is 0.764. The molecule has 102 valence electrons. The Morgan fingerprint density at radius 2 is 1.94 bits per heavy atom. The van der Waals surface area contributed by atoms with Crippen molar-refractivity contribution >= 4 is 0 Å². The van der Waals surface area contributed by atoms with Crippen LogP contribution in [0.3, 0.4) is 0 Å². The van der Waals surface area contributed by atoms with Crippen molar-refractivity contribution in [3.8, 4) is 0 Å². The Labute approximate surface area is 100 Å². The molecule has 1 saturated carbocycles. The molecule has 0 aromatic carbocycles. The summed E-state index contributed by atoms with van der Waals surface area (Å²) in [5.41, 5.74) is 0. The topological polar surface area (TPSA) is 29.5 Å². The lowest BCUT2D eigenvalue weighted by molar-refractivity contribution is -0.207. The first kappa shape index (κ1) is 14.8. The maximum Gasteiger partial charge on any atom is 0.392 e. The molecule has 5 heteroatoms. The molecule has 3 unspecified atom stereocenters. The third-order valence-corrected chi connectivity index (χ3v) is 3.58. The molecule has 1 fully saturated rings. The molecule has 0 spiro atoms. The highest BCUT2D eigenvalue weighted by molar-refractivity contribution is 4.84. The monoisotopic (exact) mass is 254 g/mol. The van der Waals surface area contributed by atoms with E-state index < -0.39 is 24.1 Å². The van der Waals surface area contributed by atoms with Gasteiger partial charge < -0.3 is 9.84 Å². The molecule has 0 aliphatic heterocycles. The average Bonchev–Trinajstić information content (AvgIpc) is 2.28. The number of alkyl halides is 3. The van der Waals surface area contributed by atoms with Gasteiger partial charge in [-0.1, -0.05) is 12.8 Å². The molecule has 0 saturated heterocycles. The van der Waals surface area contributed by atoms with Gasteiger partial charge in [0.1, 0.15) is 0 Å². The molecule has 1 aliphatic carbocycles. The highest BCUT2D eigenvalue weighted by atomic mass is 19.4. The third-order valence-electron chi connectivity index (χ3n) is 3.58. The summed E-state index contributed by atoms with van der Waals surface area (Å²) in [5, 5.41) is 9.88. The zero-order valence-corrected chi connectivity index (χ0v) is 10.2. The minimum atomic E-state index is -4.17. The van der Waals surface area contributed by atoms with E-state index in [9.17, 15) is 18.3 Å². The first-order valence-electron chi connectivity index (χ1n) is 6.20. The normalized spacial score (nSPS) is 28.1. The first-order valence-corrected chi connectivity index (χ1v) is 6.20. The number of hydrogen-bond acceptors (Lipinski definition) is 2. The molecular weight excluding hydrogens is 233 g/mol. The minimum absolute atomic E-state index is 0.162. The van der Waals surface area contributed by atoms with E-state index in [2.05, 4.69) is 0 Å². The lowest BCUT2D eigenvalue weighted by Crippen LogP contribution is -2.39. The Balaban J connectivity index is 2.52. The fourth-order valence-corrected chi connectivity index (χ4v) is 2.68. The molecule has 17 heavy (non-hydrogen) atoms. The lowest BCUT2D eigenvalue weighted by Gasteiger charge is -2.36. The van der Waals surface area contributed by atoms with E-state index in [0.717, 1.165) is 6.42 Å². The summed E-state index contributed by atoms with van der Waals surface area (Å²) in [6.07, 6.45) is -1.97. The van der Waals surface area contributed by atoms with Crippen LogP contribution in [0.4, 0.5) is 13.2 Å². The molecule has 1 rings (SSSR count). The Morgan fingerprint density at radius 3 is 2.53 bits per heavy atom. The molecule has 0 aromatic heterocycles. The van der Waals surface area contributed by atoms with Crippen LogP contribution >= 0.6 is 0 Å². The fourth-order valence-electron chi connectivity index (χ4n) is 2.68. The second kappa shape index (κ2) is 6.59. The van der Waals surface area contributed by atoms with Gasteiger partial charge in [0.15, 0.2) is 0 Å². The van der Waals surface area contributed by atoms with Gasteiger partial charge in [-0.15, -0.1) is 0 Å². The van der Waals surface area contributed by atoms with Crippen molar-refractivity contribution in [2.75, 3.05) is 13.7 Å². The molecule has 1 aliphatic rings. The molecule has 0 radical (unpaired) electrons. The summed E-state index contributed by atoms with van der Waals surface area (Å²) in [5.74, 6) is -1.95. The SMILES string of the molecule is COCCCC(O)C1CCCCC1C(F)(F)F. The van der Waals surface area contributed by atoms with Gasteiger partial charge >= 0.3 is 6.18 Å². The largest absolute Gasteiger partial charge is 0.393 e. The van der Waals surface area contributed by atoms with Gasteiger partial charge in [0, 0.05) is 13.7 Å². The molecule has 0 aromatic rings. The summed E-state index contributed by atoms with van der Waals surface area (Å²) in [7, 11) is 1.55. The van der Waals surface area contributed by atoms with Gasteiger partial charge in [-0.2, -0.15) is 13.2 Å². The Hall–Kier alpha value is -0.290. The molecular formula is C12H21F3O2. The Morgan fingerprint density at radius 1 is 1.29 bits per heavy atom. The fraction of sp³-hybridized carbons (Fsp3) is 1.00. The standard InChI is InChI=1S/C12H21F3O2/c1-17-8-4-7-11(16)9-5-2-3-6-10(9)12(13,14)15/h9-11,16H,2-8H2,1H3. The number of ether oxygens (including phenoxy) is 1. The predicted octanol–water partition coefficient (Wildman–Crippen LogP) is 3.14. The number of aliphatic hydroxyl groups excluding tert-OH is 1. The van der Waals surface area contributed by atoms with Crippen LogP contribution in [-0.4, -0.2) is 31.1 Å². The highest BCUT2D eigenvalue weighted by Gasteiger charge is 2.47. The number of aliphatic hydroxyl groups is 1. The molecule has 0 heterocycles. The van der Waals surface area contributed by atoms with Crippen LogP contribution in [-0.2, 0) is 4.74 Å². The van der Waals surface area contributed by atoms with Gasteiger partial charge in [-0.25, -0.2) is 0 Å². The number of rotatable bonds is 5. The summed E-state index contributed by atoms with van der Waals surface area (Å²) >= 11 is 0. The van der Waals surface area contributed by atoms with Crippen LogP contribution in [0.1, 0.15) is 38.5 Å². The average molecular weight is 254 g/mol. The van der Waals surface area contributed by atoms with Crippen molar-refractivity contribution in [3.05, 3.63) is 0 Å². The Kier molecular flexibility index (Phi) is 5.73. The van der Waals surface area contributed by atoms with Gasteiger partial charge in [0.2, 0.25) is 0 Å². The van der Waals surface area contributed by atoms with E-state index in [1.807, 2.05) is 0 Å². The molecule has 1 N–H and O–H groups in total. The maximum atomic E-state index is 12.8. The molecule has 3 atom stereocenters. The van der Waals surface area contributed by atoms with E-state index in [1.165, 1.54) is 0 Å². The van der Waals surface area contributed by atoms with E-state index in [-0.39, 0.29) is 6.42 Å². The zero-order chi connectivity index (χ0) is 12.9. The van der Waals surface area contributed by atoms with Crippen LogP contribution < -0.4 is 0 Å². The molecule has 0 amide bonds. The van der Waals surface area contributed by atoms with Crippen LogP contribution in [0.25, 0.3) is 0 Å². The molecule has 2 nitrogen and oxygen atoms in total. The van der Waals surface area contributed by atoms with Crippen LogP contribution in [0.5, 0.6) is 0 Å². The summed E-state index contributed by atoms with van der Waals surface area (Å²) < 4.78 is 43.3. The van der Waals surface area contributed by atoms with Crippen molar-refractivity contribution in [2.24, 2.45) is 11.8 Å². The Bertz CT molecular complexity index is 218. The van der Waals surface area contributed by atoms with E-state index in [4.69, 9.17) is 4.74 Å². The maximum absolute atomic E-state index is 12.8. The summed E-state index contributed by atoms with van der Waals surface area (Å²) in [4.78, 5) is 0. The lowest BCUT2D eigenvalue weighted by atomic mass is 9.75. The highest BCUT2D eigenvalue weighted by Crippen LogP contribution is 2.43. The molecule has 0 bridgehead atoms. The van der Waals surface area contributed by atoms with Crippen molar-refractivity contribution < 1.29 is 23.0 Å². The van der Waals surface area contributed by atoms with Gasteiger partial charge in [0.05, 0.1) is 12.0 Å². The summed E-state index contributed by atoms with van der Waals surface area (Å²) in [6, 6.07) is 0. The zero-order valence-electron chi connectivity index (χ0n) is 10.2. The minimum Gasteiger partial charge on any atom is -0.393 e. The van der Waals surface area contributed by atoms with Gasteiger partial charge in [-0.05, 0) is 31.6 Å². The second-order valence-electron chi connectivity index (χ2n) is 4.80. The first-order chi connectivity index (χ1) is 7.96. The van der Waals surface area contributed by atoms with E-state index in [1.54, 1.807) is 7.11 Å². The smallest absolute Gasteiger partial charge is 0.392 e. The van der Waals surface area contributed by atoms with Gasteiger partial charge in [0.25, 0.3) is 0 Å². The number of halogens is 3. The van der Waals surface area contributed by atoms with Crippen molar-refractivity contribution in [1.29, 1.82) is 0 Å². The third kappa shape index (κ3) is 4.47. The van der Waals surface area contributed by atoms with Crippen molar-refractivity contribution in [2.45, 2.75) is 50.8 Å². The number of hydrogen-bond donors (Lipinski definition) is 1. The summed E-state index contributed by atoms with van der Waals surface area (Å²) in [6.45, 7) is 0.487. The predicted molar refractivity (Wildman–Crippen MR) is 58.6 cm³/mol. The number of methoxy groups -OCH3 is 1. The second-order valence-corrected chi connectivity index (χ2v) is 4.80. The van der Waals surface area contributed by atoms with E-state index >= 15 is 0 Å².